The largest absolute Gasteiger partial charge is 0.434 e. The first-order valence-corrected chi connectivity index (χ1v) is 11.0. The minimum absolute atomic E-state index is 0.208. The molecule has 0 fully saturated rings. The number of oxazole rings is 1. The maximum Gasteiger partial charge on any atom is 0.250 e. The van der Waals surface area contributed by atoms with Crippen LogP contribution in [0.1, 0.15) is 36.5 Å². The number of pyridine rings is 1. The van der Waals surface area contributed by atoms with Crippen LogP contribution in [-0.2, 0) is 4.79 Å². The number of nitrogens with zero attached hydrogens (tertiary/aromatic N) is 2. The van der Waals surface area contributed by atoms with Gasteiger partial charge in [-0.15, -0.1) is 0 Å². The summed E-state index contributed by atoms with van der Waals surface area (Å²) >= 11 is 5.33. The zero-order valence-electron chi connectivity index (χ0n) is 18.6. The van der Waals surface area contributed by atoms with Gasteiger partial charge < -0.3 is 9.73 Å². The van der Waals surface area contributed by atoms with E-state index in [-0.39, 0.29) is 11.0 Å². The Balaban J connectivity index is 1.42. The zero-order valence-corrected chi connectivity index (χ0v) is 19.4. The lowest BCUT2D eigenvalue weighted by Crippen LogP contribution is -2.33. The summed E-state index contributed by atoms with van der Waals surface area (Å²) in [5.41, 5.74) is 5.84. The van der Waals surface area contributed by atoms with E-state index in [4.69, 9.17) is 16.6 Å². The maximum absolute atomic E-state index is 12.3. The van der Waals surface area contributed by atoms with Crippen LogP contribution in [0.5, 0.6) is 0 Å². The molecule has 0 unspecified atom stereocenters. The molecular weight excluding hydrogens is 432 g/mol. The number of carbonyl (C=O) groups is 1. The summed E-state index contributed by atoms with van der Waals surface area (Å²) in [6.07, 6.45) is 4.90. The second-order valence-electron chi connectivity index (χ2n) is 7.92. The summed E-state index contributed by atoms with van der Waals surface area (Å²) in [5, 5.41) is 5.97. The van der Waals surface area contributed by atoms with Gasteiger partial charge in [-0.3, -0.25) is 10.1 Å². The van der Waals surface area contributed by atoms with Crippen LogP contribution >= 0.6 is 12.2 Å². The van der Waals surface area contributed by atoms with Crippen molar-refractivity contribution in [2.45, 2.75) is 26.7 Å². The van der Waals surface area contributed by atoms with Crippen molar-refractivity contribution in [1.29, 1.82) is 0 Å². The summed E-state index contributed by atoms with van der Waals surface area (Å²) in [6.45, 7) is 6.23. The number of amides is 1. The molecule has 2 heterocycles. The van der Waals surface area contributed by atoms with E-state index in [2.05, 4.69) is 46.6 Å². The van der Waals surface area contributed by atoms with Gasteiger partial charge in [0.25, 0.3) is 0 Å². The predicted molar refractivity (Wildman–Crippen MR) is 136 cm³/mol. The predicted octanol–water partition coefficient (Wildman–Crippen LogP) is 5.85. The Morgan fingerprint density at radius 3 is 2.61 bits per heavy atom. The number of aromatic nitrogens is 2. The molecule has 33 heavy (non-hydrogen) atoms. The maximum atomic E-state index is 12.3. The van der Waals surface area contributed by atoms with Crippen LogP contribution in [0.4, 0.5) is 5.69 Å². The molecule has 1 amide bonds. The number of anilines is 1. The molecular formula is C26H24N4O2S. The molecule has 0 spiro atoms. The summed E-state index contributed by atoms with van der Waals surface area (Å²) in [4.78, 5) is 21.0. The second-order valence-corrected chi connectivity index (χ2v) is 8.33. The molecule has 0 aliphatic heterocycles. The highest BCUT2D eigenvalue weighted by Crippen LogP contribution is 2.30. The molecule has 0 saturated carbocycles. The second kappa shape index (κ2) is 9.75. The van der Waals surface area contributed by atoms with Gasteiger partial charge in [-0.2, -0.15) is 4.98 Å². The summed E-state index contributed by atoms with van der Waals surface area (Å²) in [5.74, 6) is 0.640. The molecule has 0 atom stereocenters. The average Bonchev–Trinajstić information content (AvgIpc) is 3.23. The van der Waals surface area contributed by atoms with Crippen LogP contribution in [0.15, 0.2) is 71.3 Å². The Labute approximate surface area is 197 Å². The summed E-state index contributed by atoms with van der Waals surface area (Å²) in [7, 11) is 0. The molecule has 4 rings (SSSR count). The minimum atomic E-state index is -0.306. The zero-order chi connectivity index (χ0) is 23.4. The number of hydrogen-bond acceptors (Lipinski definition) is 5. The molecule has 0 aliphatic rings. The molecule has 6 nitrogen and oxygen atoms in total. The van der Waals surface area contributed by atoms with Gasteiger partial charge in [0, 0.05) is 23.5 Å². The van der Waals surface area contributed by atoms with E-state index in [0.717, 1.165) is 22.4 Å². The van der Waals surface area contributed by atoms with Crippen LogP contribution < -0.4 is 10.6 Å². The lowest BCUT2D eigenvalue weighted by atomic mass is 10.0. The van der Waals surface area contributed by atoms with Crippen LogP contribution in [0.25, 0.3) is 28.8 Å². The van der Waals surface area contributed by atoms with Crippen molar-refractivity contribution < 1.29 is 9.21 Å². The Kier molecular flexibility index (Phi) is 6.60. The smallest absolute Gasteiger partial charge is 0.250 e. The van der Waals surface area contributed by atoms with Gasteiger partial charge in [0.2, 0.25) is 11.8 Å². The monoisotopic (exact) mass is 456 g/mol. The SMILES string of the molecule is Cc1c(NC(=S)NC(=O)/C=C/c2ccc(C(C)C)cc2)cccc1-c1nc2ncccc2o1. The fourth-order valence-corrected chi connectivity index (χ4v) is 3.57. The van der Waals surface area contributed by atoms with Crippen molar-refractivity contribution in [1.82, 2.24) is 15.3 Å². The van der Waals surface area contributed by atoms with Crippen molar-refractivity contribution in [2.75, 3.05) is 5.32 Å². The van der Waals surface area contributed by atoms with Gasteiger partial charge in [0.15, 0.2) is 16.3 Å². The van der Waals surface area contributed by atoms with Crippen LogP contribution in [0.2, 0.25) is 0 Å². The first-order chi connectivity index (χ1) is 15.9. The lowest BCUT2D eigenvalue weighted by molar-refractivity contribution is -0.115. The lowest BCUT2D eigenvalue weighted by Gasteiger charge is -2.12. The normalized spacial score (nSPS) is 11.3. The van der Waals surface area contributed by atoms with Gasteiger partial charge in [-0.25, -0.2) is 4.98 Å². The van der Waals surface area contributed by atoms with E-state index in [1.165, 1.54) is 11.6 Å². The topological polar surface area (TPSA) is 80.0 Å². The Morgan fingerprint density at radius 2 is 1.88 bits per heavy atom. The number of hydrogen-bond donors (Lipinski definition) is 2. The van der Waals surface area contributed by atoms with Crippen molar-refractivity contribution >= 4 is 46.2 Å². The number of carbonyl (C=O) groups excluding carboxylic acids is 1. The van der Waals surface area contributed by atoms with E-state index in [1.807, 2.05) is 43.3 Å². The Morgan fingerprint density at radius 1 is 1.09 bits per heavy atom. The highest BCUT2D eigenvalue weighted by Gasteiger charge is 2.14. The van der Waals surface area contributed by atoms with Crippen LogP contribution in [0.3, 0.4) is 0 Å². The molecule has 0 saturated heterocycles. The third-order valence-corrected chi connectivity index (χ3v) is 5.45. The molecule has 0 aliphatic carbocycles. The first-order valence-electron chi connectivity index (χ1n) is 10.6. The van der Waals surface area contributed by atoms with Crippen LogP contribution in [-0.4, -0.2) is 21.0 Å². The molecule has 2 aromatic carbocycles. The number of benzene rings is 2. The quantitative estimate of drug-likeness (QED) is 0.290. The number of nitrogens with one attached hydrogen (secondary N) is 2. The van der Waals surface area contributed by atoms with Crippen molar-refractivity contribution in [2.24, 2.45) is 0 Å². The van der Waals surface area contributed by atoms with Crippen molar-refractivity contribution in [3.05, 3.63) is 83.6 Å². The van der Waals surface area contributed by atoms with Crippen molar-refractivity contribution in [3.8, 4) is 11.5 Å². The van der Waals surface area contributed by atoms with E-state index >= 15 is 0 Å². The third kappa shape index (κ3) is 5.32. The third-order valence-electron chi connectivity index (χ3n) is 5.24. The summed E-state index contributed by atoms with van der Waals surface area (Å²) in [6, 6.07) is 17.4. The van der Waals surface area contributed by atoms with Gasteiger partial charge >= 0.3 is 0 Å². The van der Waals surface area contributed by atoms with Gasteiger partial charge in [-0.05, 0) is 72.1 Å². The van der Waals surface area contributed by atoms with E-state index in [0.29, 0.717) is 23.0 Å². The highest BCUT2D eigenvalue weighted by atomic mass is 32.1. The number of fused-ring (bicyclic) bond motifs is 1. The number of thiocarbonyl (C=S) groups is 1. The average molecular weight is 457 g/mol. The first kappa shape index (κ1) is 22.4. The van der Waals surface area contributed by atoms with Crippen LogP contribution in [0, 0.1) is 6.92 Å². The van der Waals surface area contributed by atoms with Gasteiger partial charge in [0.1, 0.15) is 0 Å². The fraction of sp³-hybridized carbons (Fsp3) is 0.154. The fourth-order valence-electron chi connectivity index (χ4n) is 3.36. The van der Waals surface area contributed by atoms with E-state index in [9.17, 15) is 4.79 Å². The van der Waals surface area contributed by atoms with E-state index < -0.39 is 0 Å². The molecule has 166 valence electrons. The van der Waals surface area contributed by atoms with Gasteiger partial charge in [0.05, 0.1) is 0 Å². The molecule has 4 aromatic rings. The molecule has 7 heteroatoms. The molecule has 0 bridgehead atoms. The molecule has 2 aromatic heterocycles. The standard InChI is InChI=1S/C26H24N4O2S/c1-16(2)19-12-9-18(10-13-19)11-14-23(31)29-26(33)28-21-7-4-6-20(17(21)3)25-30-24-22(32-25)8-5-15-27-24/h4-16H,1-3H3,(H2,28,29,31,33)/b14-11+. The molecule has 0 radical (unpaired) electrons. The highest BCUT2D eigenvalue weighted by molar-refractivity contribution is 7.80. The van der Waals surface area contributed by atoms with E-state index in [1.54, 1.807) is 18.3 Å². The van der Waals surface area contributed by atoms with Gasteiger partial charge in [-0.1, -0.05) is 44.2 Å². The number of rotatable bonds is 5. The Bertz CT molecular complexity index is 1310. The minimum Gasteiger partial charge on any atom is -0.434 e. The molecule has 2 N–H and O–H groups in total. The Hall–Kier alpha value is -3.84. The van der Waals surface area contributed by atoms with Crippen molar-refractivity contribution in [3.63, 3.8) is 0 Å². The summed E-state index contributed by atoms with van der Waals surface area (Å²) < 4.78 is 5.84.